The third-order valence-electron chi connectivity index (χ3n) is 1.70. The predicted molar refractivity (Wildman–Crippen MR) is 51.7 cm³/mol. The second-order valence-corrected chi connectivity index (χ2v) is 2.66. The first-order chi connectivity index (χ1) is 6.38. The van der Waals surface area contributed by atoms with Gasteiger partial charge in [0, 0.05) is 5.56 Å². The molecule has 13 heavy (non-hydrogen) atoms. The van der Waals surface area contributed by atoms with E-state index in [4.69, 9.17) is 9.47 Å². The molecule has 1 aromatic carbocycles. The van der Waals surface area contributed by atoms with Crippen LogP contribution in [0, 0.1) is 0 Å². The number of para-hydroxylation sites is 1. The van der Waals surface area contributed by atoms with Crippen LogP contribution >= 0.6 is 0 Å². The Morgan fingerprint density at radius 3 is 2.77 bits per heavy atom. The van der Waals surface area contributed by atoms with Gasteiger partial charge in [0.1, 0.15) is 5.75 Å². The molecule has 0 spiro atoms. The molecule has 1 N–H and O–H groups in total. The lowest BCUT2D eigenvalue weighted by atomic mass is 10.2. The molecule has 0 amide bonds. The molecule has 72 valence electrons. The molecule has 0 atom stereocenters. The average molecular weight is 181 g/mol. The van der Waals surface area contributed by atoms with Crippen LogP contribution in [0.3, 0.4) is 0 Å². The normalized spacial score (nSPS) is 10.0. The SMILES string of the molecule is CNCOCc1ccccc1OC. The maximum absolute atomic E-state index is 5.32. The van der Waals surface area contributed by atoms with Crippen molar-refractivity contribution in [2.75, 3.05) is 20.9 Å². The topological polar surface area (TPSA) is 30.5 Å². The van der Waals surface area contributed by atoms with Crippen LogP contribution in [0.2, 0.25) is 0 Å². The Hall–Kier alpha value is -1.06. The van der Waals surface area contributed by atoms with Gasteiger partial charge in [-0.1, -0.05) is 18.2 Å². The summed E-state index contributed by atoms with van der Waals surface area (Å²) < 4.78 is 10.5. The summed E-state index contributed by atoms with van der Waals surface area (Å²) in [5.74, 6) is 0.874. The zero-order chi connectivity index (χ0) is 9.52. The molecule has 0 bridgehead atoms. The zero-order valence-corrected chi connectivity index (χ0v) is 8.04. The smallest absolute Gasteiger partial charge is 0.124 e. The molecule has 0 saturated carbocycles. The molecule has 0 saturated heterocycles. The van der Waals surface area contributed by atoms with Crippen molar-refractivity contribution in [1.82, 2.24) is 5.32 Å². The van der Waals surface area contributed by atoms with Crippen molar-refractivity contribution in [3.05, 3.63) is 29.8 Å². The Labute approximate surface area is 78.7 Å². The van der Waals surface area contributed by atoms with Crippen molar-refractivity contribution in [2.45, 2.75) is 6.61 Å². The van der Waals surface area contributed by atoms with Gasteiger partial charge in [-0.15, -0.1) is 0 Å². The highest BCUT2D eigenvalue weighted by molar-refractivity contribution is 5.32. The minimum Gasteiger partial charge on any atom is -0.496 e. The summed E-state index contributed by atoms with van der Waals surface area (Å²) in [5, 5.41) is 2.91. The number of nitrogens with one attached hydrogen (secondary N) is 1. The van der Waals surface area contributed by atoms with E-state index in [0.29, 0.717) is 13.3 Å². The van der Waals surface area contributed by atoms with Crippen LogP contribution in [0.15, 0.2) is 24.3 Å². The Morgan fingerprint density at radius 1 is 1.31 bits per heavy atom. The molecule has 3 heteroatoms. The van der Waals surface area contributed by atoms with E-state index in [-0.39, 0.29) is 0 Å². The van der Waals surface area contributed by atoms with Crippen LogP contribution in [0.25, 0.3) is 0 Å². The number of ether oxygens (including phenoxy) is 2. The van der Waals surface area contributed by atoms with Gasteiger partial charge in [-0.25, -0.2) is 0 Å². The fraction of sp³-hybridized carbons (Fsp3) is 0.400. The van der Waals surface area contributed by atoms with Gasteiger partial charge in [-0.2, -0.15) is 0 Å². The monoisotopic (exact) mass is 181 g/mol. The van der Waals surface area contributed by atoms with Crippen LogP contribution in [0.5, 0.6) is 5.75 Å². The van der Waals surface area contributed by atoms with E-state index in [9.17, 15) is 0 Å². The Kier molecular flexibility index (Phi) is 4.29. The molecule has 0 aromatic heterocycles. The number of benzene rings is 1. The van der Waals surface area contributed by atoms with E-state index in [1.54, 1.807) is 7.11 Å². The van der Waals surface area contributed by atoms with E-state index in [2.05, 4.69) is 5.32 Å². The third kappa shape index (κ3) is 3.05. The molecule has 0 unspecified atom stereocenters. The summed E-state index contributed by atoms with van der Waals surface area (Å²) in [6.07, 6.45) is 0. The predicted octanol–water partition coefficient (Wildman–Crippen LogP) is 1.39. The number of hydrogen-bond acceptors (Lipinski definition) is 3. The average Bonchev–Trinajstić information content (AvgIpc) is 2.19. The quantitative estimate of drug-likeness (QED) is 0.550. The summed E-state index contributed by atoms with van der Waals surface area (Å²) in [5.41, 5.74) is 1.07. The van der Waals surface area contributed by atoms with Crippen LogP contribution in [-0.2, 0) is 11.3 Å². The van der Waals surface area contributed by atoms with Crippen molar-refractivity contribution >= 4 is 0 Å². The summed E-state index contributed by atoms with van der Waals surface area (Å²) >= 11 is 0. The van der Waals surface area contributed by atoms with E-state index in [0.717, 1.165) is 11.3 Å². The molecular formula is C10H15NO2. The molecular weight excluding hydrogens is 166 g/mol. The van der Waals surface area contributed by atoms with Crippen LogP contribution in [0.4, 0.5) is 0 Å². The molecule has 1 rings (SSSR count). The van der Waals surface area contributed by atoms with Crippen molar-refractivity contribution in [1.29, 1.82) is 0 Å². The molecule has 0 aliphatic rings. The van der Waals surface area contributed by atoms with Gasteiger partial charge in [0.05, 0.1) is 20.4 Å². The van der Waals surface area contributed by atoms with Crippen LogP contribution < -0.4 is 10.1 Å². The van der Waals surface area contributed by atoms with E-state index < -0.39 is 0 Å². The second-order valence-electron chi connectivity index (χ2n) is 2.66. The lowest BCUT2D eigenvalue weighted by Gasteiger charge is -2.08. The van der Waals surface area contributed by atoms with Crippen molar-refractivity contribution < 1.29 is 9.47 Å². The van der Waals surface area contributed by atoms with E-state index >= 15 is 0 Å². The lowest BCUT2D eigenvalue weighted by Crippen LogP contribution is -2.11. The third-order valence-corrected chi connectivity index (χ3v) is 1.70. The van der Waals surface area contributed by atoms with E-state index in [1.165, 1.54) is 0 Å². The largest absolute Gasteiger partial charge is 0.496 e. The van der Waals surface area contributed by atoms with Crippen molar-refractivity contribution in [2.24, 2.45) is 0 Å². The molecule has 0 aliphatic carbocycles. The highest BCUT2D eigenvalue weighted by Crippen LogP contribution is 2.17. The molecule has 0 fully saturated rings. The number of rotatable bonds is 5. The molecule has 3 nitrogen and oxygen atoms in total. The standard InChI is InChI=1S/C10H15NO2/c1-11-8-13-7-9-5-3-4-6-10(9)12-2/h3-6,11H,7-8H2,1-2H3. The number of methoxy groups -OCH3 is 1. The lowest BCUT2D eigenvalue weighted by molar-refractivity contribution is 0.107. The van der Waals surface area contributed by atoms with Gasteiger partial charge in [-0.05, 0) is 13.1 Å². The van der Waals surface area contributed by atoms with Crippen LogP contribution in [0.1, 0.15) is 5.56 Å². The Balaban J connectivity index is 2.54. The van der Waals surface area contributed by atoms with Gasteiger partial charge < -0.3 is 9.47 Å². The molecule has 1 aromatic rings. The fourth-order valence-corrected chi connectivity index (χ4v) is 1.09. The highest BCUT2D eigenvalue weighted by atomic mass is 16.5. The molecule has 0 aliphatic heterocycles. The van der Waals surface area contributed by atoms with Gasteiger partial charge in [0.2, 0.25) is 0 Å². The van der Waals surface area contributed by atoms with Crippen LogP contribution in [-0.4, -0.2) is 20.9 Å². The van der Waals surface area contributed by atoms with Crippen molar-refractivity contribution in [3.63, 3.8) is 0 Å². The van der Waals surface area contributed by atoms with Gasteiger partial charge in [-0.3, -0.25) is 5.32 Å². The van der Waals surface area contributed by atoms with Gasteiger partial charge in [0.25, 0.3) is 0 Å². The number of hydrogen-bond donors (Lipinski definition) is 1. The molecule has 0 radical (unpaired) electrons. The maximum atomic E-state index is 5.32. The first-order valence-corrected chi connectivity index (χ1v) is 4.22. The molecule has 0 heterocycles. The summed E-state index contributed by atoms with van der Waals surface area (Å²) in [7, 11) is 3.51. The maximum Gasteiger partial charge on any atom is 0.124 e. The summed E-state index contributed by atoms with van der Waals surface area (Å²) in [4.78, 5) is 0. The van der Waals surface area contributed by atoms with Gasteiger partial charge >= 0.3 is 0 Å². The second kappa shape index (κ2) is 5.56. The first kappa shape index (κ1) is 10.0. The minimum atomic E-state index is 0.554. The van der Waals surface area contributed by atoms with E-state index in [1.807, 2.05) is 31.3 Å². The Morgan fingerprint density at radius 2 is 2.08 bits per heavy atom. The summed E-state index contributed by atoms with van der Waals surface area (Å²) in [6.45, 7) is 1.13. The first-order valence-electron chi connectivity index (χ1n) is 4.22. The van der Waals surface area contributed by atoms with Gasteiger partial charge in [0.15, 0.2) is 0 Å². The van der Waals surface area contributed by atoms with Crippen molar-refractivity contribution in [3.8, 4) is 5.75 Å². The zero-order valence-electron chi connectivity index (χ0n) is 8.04. The Bertz CT molecular complexity index is 250. The minimum absolute atomic E-state index is 0.554. The fourth-order valence-electron chi connectivity index (χ4n) is 1.09. The summed E-state index contributed by atoms with van der Waals surface area (Å²) in [6, 6.07) is 7.84. The highest BCUT2D eigenvalue weighted by Gasteiger charge is 1.99.